The Labute approximate surface area is 334 Å². The molecular formula is C52H30N4O2. The maximum atomic E-state index is 15.3. The van der Waals surface area contributed by atoms with E-state index < -0.39 is 11.8 Å². The second-order valence-corrected chi connectivity index (χ2v) is 14.1. The van der Waals surface area contributed by atoms with Crippen LogP contribution in [-0.4, -0.2) is 16.4 Å². The fraction of sp³-hybridized carbons (Fsp3) is 0. The van der Waals surface area contributed by atoms with Gasteiger partial charge in [0.2, 0.25) is 0 Å². The average Bonchev–Trinajstić information content (AvgIpc) is 3.77. The zero-order valence-corrected chi connectivity index (χ0v) is 30.9. The number of imide groups is 1. The lowest BCUT2D eigenvalue weighted by Crippen LogP contribution is -2.30. The Kier molecular flexibility index (Phi) is 8.11. The molecule has 6 heteroatoms. The summed E-state index contributed by atoms with van der Waals surface area (Å²) in [6.45, 7) is 8.06. The molecule has 0 radical (unpaired) electrons. The molecule has 0 N–H and O–H groups in total. The highest BCUT2D eigenvalue weighted by Crippen LogP contribution is 2.47. The molecule has 0 saturated carbocycles. The lowest BCUT2D eigenvalue weighted by Gasteiger charge is -2.22. The summed E-state index contributed by atoms with van der Waals surface area (Å²) in [5.41, 5.74) is 10.7. The summed E-state index contributed by atoms with van der Waals surface area (Å²) in [4.78, 5) is 35.4. The minimum absolute atomic E-state index is 0.270. The Morgan fingerprint density at radius 3 is 1.64 bits per heavy atom. The molecule has 0 atom stereocenters. The molecule has 6 nitrogen and oxygen atoms in total. The number of carbonyl (C=O) groups excluding carboxylic acids is 2. The summed E-state index contributed by atoms with van der Waals surface area (Å²) in [7, 11) is 0. The monoisotopic (exact) mass is 742 g/mol. The third kappa shape index (κ3) is 5.18. The quantitative estimate of drug-likeness (QED) is 0.126. The zero-order chi connectivity index (χ0) is 39.3. The minimum atomic E-state index is -0.443. The summed E-state index contributed by atoms with van der Waals surface area (Å²) >= 11 is 0. The summed E-state index contributed by atoms with van der Waals surface area (Å²) < 4.78 is 2.07. The summed E-state index contributed by atoms with van der Waals surface area (Å²) in [6.07, 6.45) is 0. The standard InChI is InChI=1S/C52H30N4O2/c1-54-44-29-11-10-22-38(44)40-25-13-27-42-41-26-12-24-39(36-21-9-8-20-35(36)32-53)49(41)55(50(40)42)46-31-15-28-43-48(46)52(58)56(51(43)57)45-30-14-23-37(33-16-4-2-5-17-33)47(45)34-18-6-3-7-19-34/h2-31H. The van der Waals surface area contributed by atoms with E-state index in [0.717, 1.165) is 66.3 Å². The number of benzene rings is 8. The summed E-state index contributed by atoms with van der Waals surface area (Å²) in [5.74, 6) is -0.861. The number of nitrogens with zero attached hydrogens (tertiary/aromatic N) is 4. The predicted octanol–water partition coefficient (Wildman–Crippen LogP) is 12.7. The largest absolute Gasteiger partial charge is 0.307 e. The second kappa shape index (κ2) is 13.8. The van der Waals surface area contributed by atoms with E-state index in [0.29, 0.717) is 22.6 Å². The highest BCUT2D eigenvalue weighted by Gasteiger charge is 2.41. The molecule has 2 heterocycles. The van der Waals surface area contributed by atoms with Crippen LogP contribution < -0.4 is 4.90 Å². The maximum Gasteiger partial charge on any atom is 0.268 e. The number of amides is 2. The number of carbonyl (C=O) groups is 2. The number of fused-ring (bicyclic) bond motifs is 4. The zero-order valence-electron chi connectivity index (χ0n) is 30.9. The fourth-order valence-corrected chi connectivity index (χ4v) is 8.57. The Balaban J connectivity index is 1.29. The van der Waals surface area contributed by atoms with E-state index in [-0.39, 0.29) is 11.1 Å². The Bertz CT molecular complexity index is 3130. The van der Waals surface area contributed by atoms with Gasteiger partial charge in [-0.3, -0.25) is 9.59 Å². The van der Waals surface area contributed by atoms with Crippen LogP contribution in [0.3, 0.4) is 0 Å². The first-order valence-corrected chi connectivity index (χ1v) is 18.9. The number of para-hydroxylation sites is 3. The molecule has 0 saturated heterocycles. The van der Waals surface area contributed by atoms with Crippen LogP contribution in [0.15, 0.2) is 182 Å². The van der Waals surface area contributed by atoms with E-state index in [9.17, 15) is 10.1 Å². The number of hydrogen-bond donors (Lipinski definition) is 0. The van der Waals surface area contributed by atoms with Crippen molar-refractivity contribution in [3.63, 3.8) is 0 Å². The van der Waals surface area contributed by atoms with Gasteiger partial charge in [0, 0.05) is 27.5 Å². The third-order valence-corrected chi connectivity index (χ3v) is 11.0. The van der Waals surface area contributed by atoms with Crippen molar-refractivity contribution in [2.75, 3.05) is 4.90 Å². The van der Waals surface area contributed by atoms with Gasteiger partial charge >= 0.3 is 0 Å². The third-order valence-electron chi connectivity index (χ3n) is 11.0. The molecule has 1 aliphatic heterocycles. The molecule has 10 rings (SSSR count). The molecule has 58 heavy (non-hydrogen) atoms. The van der Waals surface area contributed by atoms with E-state index >= 15 is 4.79 Å². The molecule has 2 amide bonds. The van der Waals surface area contributed by atoms with Gasteiger partial charge in [0.1, 0.15) is 0 Å². The molecule has 9 aromatic rings. The number of hydrogen-bond acceptors (Lipinski definition) is 3. The van der Waals surface area contributed by atoms with Crippen molar-refractivity contribution in [3.8, 4) is 56.3 Å². The van der Waals surface area contributed by atoms with E-state index in [1.165, 1.54) is 4.90 Å². The molecule has 1 aliphatic rings. The van der Waals surface area contributed by atoms with Crippen LogP contribution in [-0.2, 0) is 0 Å². The van der Waals surface area contributed by atoms with Gasteiger partial charge in [-0.25, -0.2) is 9.74 Å². The van der Waals surface area contributed by atoms with Gasteiger partial charge in [0.15, 0.2) is 5.69 Å². The predicted molar refractivity (Wildman–Crippen MR) is 231 cm³/mol. The Morgan fingerprint density at radius 1 is 0.448 bits per heavy atom. The lowest BCUT2D eigenvalue weighted by atomic mass is 9.92. The fourth-order valence-electron chi connectivity index (χ4n) is 8.57. The first-order chi connectivity index (χ1) is 28.6. The molecule has 0 fully saturated rings. The van der Waals surface area contributed by atoms with Gasteiger partial charge in [-0.05, 0) is 52.1 Å². The van der Waals surface area contributed by atoms with Gasteiger partial charge in [-0.2, -0.15) is 5.26 Å². The van der Waals surface area contributed by atoms with Gasteiger partial charge in [0.25, 0.3) is 11.8 Å². The number of nitriles is 1. The van der Waals surface area contributed by atoms with E-state index in [1.807, 2.05) is 164 Å². The molecule has 0 bridgehead atoms. The first-order valence-electron chi connectivity index (χ1n) is 18.9. The van der Waals surface area contributed by atoms with Crippen molar-refractivity contribution in [2.45, 2.75) is 0 Å². The molecule has 0 unspecified atom stereocenters. The van der Waals surface area contributed by atoms with Gasteiger partial charge in [-0.15, -0.1) is 0 Å². The van der Waals surface area contributed by atoms with Crippen LogP contribution in [0.2, 0.25) is 0 Å². The van der Waals surface area contributed by atoms with Crippen LogP contribution in [0.1, 0.15) is 26.3 Å². The number of rotatable bonds is 6. The van der Waals surface area contributed by atoms with Crippen molar-refractivity contribution in [1.29, 1.82) is 5.26 Å². The van der Waals surface area contributed by atoms with E-state index in [4.69, 9.17) is 6.57 Å². The molecule has 0 aliphatic carbocycles. The van der Waals surface area contributed by atoms with Gasteiger partial charge in [-0.1, -0.05) is 158 Å². The molecule has 8 aromatic carbocycles. The van der Waals surface area contributed by atoms with Crippen molar-refractivity contribution in [3.05, 3.63) is 210 Å². The lowest BCUT2D eigenvalue weighted by molar-refractivity contribution is 0.0926. The van der Waals surface area contributed by atoms with Crippen molar-refractivity contribution < 1.29 is 9.59 Å². The van der Waals surface area contributed by atoms with Crippen LogP contribution >= 0.6 is 0 Å². The van der Waals surface area contributed by atoms with Crippen LogP contribution in [0, 0.1) is 17.9 Å². The highest BCUT2D eigenvalue weighted by molar-refractivity contribution is 6.37. The van der Waals surface area contributed by atoms with Gasteiger partial charge < -0.3 is 4.57 Å². The van der Waals surface area contributed by atoms with Crippen molar-refractivity contribution in [1.82, 2.24) is 4.57 Å². The maximum absolute atomic E-state index is 15.3. The van der Waals surface area contributed by atoms with Crippen LogP contribution in [0.25, 0.3) is 76.8 Å². The minimum Gasteiger partial charge on any atom is -0.307 e. The SMILES string of the molecule is [C-]#[N+]c1ccccc1-c1cccc2c3cccc(-c4ccccc4C#N)c3n(-c3cccc4c3C(=O)N(c3cccc(-c5ccccc5)c3-c3ccccc3)C4=O)c12. The Hall–Kier alpha value is -8.32. The van der Waals surface area contributed by atoms with Crippen LogP contribution in [0.5, 0.6) is 0 Å². The first kappa shape index (κ1) is 34.2. The average molecular weight is 743 g/mol. The molecule has 270 valence electrons. The number of anilines is 1. The molecule has 0 spiro atoms. The molecule has 1 aromatic heterocycles. The molecular weight excluding hydrogens is 713 g/mol. The summed E-state index contributed by atoms with van der Waals surface area (Å²) in [5, 5.41) is 12.1. The normalized spacial score (nSPS) is 12.1. The summed E-state index contributed by atoms with van der Waals surface area (Å²) in [6, 6.07) is 60.4. The second-order valence-electron chi connectivity index (χ2n) is 14.1. The van der Waals surface area contributed by atoms with Crippen molar-refractivity contribution >= 4 is 45.0 Å². The smallest absolute Gasteiger partial charge is 0.268 e. The Morgan fingerprint density at radius 2 is 0.966 bits per heavy atom. The van der Waals surface area contributed by atoms with Crippen molar-refractivity contribution in [2.24, 2.45) is 0 Å². The highest BCUT2D eigenvalue weighted by atomic mass is 16.2. The van der Waals surface area contributed by atoms with Gasteiger partial charge in [0.05, 0.1) is 51.7 Å². The van der Waals surface area contributed by atoms with E-state index in [1.54, 1.807) is 18.2 Å². The number of aromatic nitrogens is 1. The van der Waals surface area contributed by atoms with Crippen LogP contribution in [0.4, 0.5) is 11.4 Å². The van der Waals surface area contributed by atoms with E-state index in [2.05, 4.69) is 15.5 Å². The topological polar surface area (TPSA) is 70.5 Å².